The van der Waals surface area contributed by atoms with Gasteiger partial charge in [-0.1, -0.05) is 0 Å². The second kappa shape index (κ2) is 7.24. The topological polar surface area (TPSA) is 57.9 Å². The molecule has 0 saturated heterocycles. The monoisotopic (exact) mass is 333 g/mol. The van der Waals surface area contributed by atoms with Crippen LogP contribution in [0.4, 0.5) is 0 Å². The molecule has 1 aromatic carbocycles. The van der Waals surface area contributed by atoms with E-state index in [1.165, 1.54) is 0 Å². The van der Waals surface area contributed by atoms with Crippen molar-refractivity contribution in [3.63, 3.8) is 0 Å². The Bertz CT molecular complexity index is 652. The van der Waals surface area contributed by atoms with Crippen molar-refractivity contribution >= 4 is 18.3 Å². The molecule has 124 valence electrons. The predicted octanol–water partition coefficient (Wildman–Crippen LogP) is 2.19. The van der Waals surface area contributed by atoms with Crippen molar-refractivity contribution in [2.24, 2.45) is 4.99 Å². The van der Waals surface area contributed by atoms with Gasteiger partial charge in [-0.3, -0.25) is 4.99 Å². The van der Waals surface area contributed by atoms with Gasteiger partial charge < -0.3 is 14.4 Å². The molecule has 1 aliphatic rings. The summed E-state index contributed by atoms with van der Waals surface area (Å²) in [5.74, 6) is 1.34. The zero-order valence-corrected chi connectivity index (χ0v) is 15.0. The van der Waals surface area contributed by atoms with E-state index in [0.717, 1.165) is 29.8 Å². The minimum absolute atomic E-state index is 0.603. The largest absolute Gasteiger partial charge is 0.493 e. The Balaban J connectivity index is 2.46. The molecule has 1 atom stereocenters. The summed E-state index contributed by atoms with van der Waals surface area (Å²) in [6.45, 7) is 1.42. The van der Waals surface area contributed by atoms with E-state index in [1.54, 1.807) is 14.2 Å². The van der Waals surface area contributed by atoms with Gasteiger partial charge in [0.2, 0.25) is 0 Å². The van der Waals surface area contributed by atoms with E-state index in [4.69, 9.17) is 9.47 Å². The summed E-state index contributed by atoms with van der Waals surface area (Å²) in [4.78, 5) is 6.67. The zero-order valence-electron chi connectivity index (χ0n) is 14.1. The van der Waals surface area contributed by atoms with Crippen LogP contribution in [0.15, 0.2) is 17.1 Å². The number of rotatable bonds is 6. The molecule has 0 aliphatic carbocycles. The lowest BCUT2D eigenvalue weighted by molar-refractivity contribution is 0.354. The number of benzene rings is 1. The summed E-state index contributed by atoms with van der Waals surface area (Å²) in [6, 6.07) is 6.22. The number of ether oxygens (including phenoxy) is 2. The third-order valence-electron chi connectivity index (χ3n) is 4.01. The predicted molar refractivity (Wildman–Crippen MR) is 95.2 cm³/mol. The molecular weight excluding hydrogens is 310 g/mol. The van der Waals surface area contributed by atoms with E-state index in [2.05, 4.69) is 23.7 Å². The average molecular weight is 333 g/mol. The molecule has 6 heteroatoms. The van der Waals surface area contributed by atoms with Crippen LogP contribution in [-0.4, -0.2) is 56.8 Å². The number of hydrogen-bond acceptors (Lipinski definition) is 6. The average Bonchev–Trinajstić information content (AvgIpc) is 2.57. The Morgan fingerprint density at radius 1 is 1.30 bits per heavy atom. The molecule has 5 nitrogen and oxygen atoms in total. The van der Waals surface area contributed by atoms with Gasteiger partial charge in [-0.2, -0.15) is 17.9 Å². The molecule has 23 heavy (non-hydrogen) atoms. The molecule has 1 aromatic rings. The standard InChI is InChI=1S/C17H23N3O2S/c1-20(2)8-6-17(23,11-18)16-13-10-15(22-4)14(21-3)9-12(13)5-7-19-16/h9-10,23H,5-8H2,1-4H3. The maximum Gasteiger partial charge on any atom is 0.161 e. The van der Waals surface area contributed by atoms with Crippen LogP contribution in [0.1, 0.15) is 17.5 Å². The third kappa shape index (κ3) is 3.62. The number of hydrogen-bond donors (Lipinski definition) is 1. The van der Waals surface area contributed by atoms with Crippen LogP contribution in [-0.2, 0) is 6.42 Å². The molecule has 0 aromatic heterocycles. The molecule has 0 bridgehead atoms. The van der Waals surface area contributed by atoms with Gasteiger partial charge in [0.05, 0.1) is 26.0 Å². The Hall–Kier alpha value is -1.71. The first-order chi connectivity index (χ1) is 10.9. The molecule has 2 rings (SSSR count). The number of fused-ring (bicyclic) bond motifs is 1. The fraction of sp³-hybridized carbons (Fsp3) is 0.529. The first-order valence-electron chi connectivity index (χ1n) is 7.53. The van der Waals surface area contributed by atoms with Crippen LogP contribution in [0.25, 0.3) is 0 Å². The summed E-state index contributed by atoms with van der Waals surface area (Å²) in [7, 11) is 7.19. The molecule has 0 amide bonds. The zero-order chi connectivity index (χ0) is 17.0. The Morgan fingerprint density at radius 3 is 2.52 bits per heavy atom. The molecule has 1 unspecified atom stereocenters. The lowest BCUT2D eigenvalue weighted by atomic mass is 9.87. The smallest absolute Gasteiger partial charge is 0.161 e. The first-order valence-corrected chi connectivity index (χ1v) is 7.98. The molecule has 0 radical (unpaired) electrons. The van der Waals surface area contributed by atoms with Gasteiger partial charge in [-0.15, -0.1) is 0 Å². The van der Waals surface area contributed by atoms with E-state index in [-0.39, 0.29) is 0 Å². The lowest BCUT2D eigenvalue weighted by Crippen LogP contribution is -2.37. The Labute approximate surface area is 143 Å². The molecular formula is C17H23N3O2S. The summed E-state index contributed by atoms with van der Waals surface area (Å²) in [5.41, 5.74) is 2.78. The first kappa shape index (κ1) is 17.6. The van der Waals surface area contributed by atoms with Crippen molar-refractivity contribution in [3.05, 3.63) is 23.3 Å². The number of nitrogens with zero attached hydrogens (tertiary/aromatic N) is 3. The van der Waals surface area contributed by atoms with Gasteiger partial charge in [-0.05, 0) is 44.6 Å². The molecule has 1 heterocycles. The fourth-order valence-corrected chi connectivity index (χ4v) is 2.98. The lowest BCUT2D eigenvalue weighted by Gasteiger charge is -2.29. The minimum Gasteiger partial charge on any atom is -0.493 e. The second-order valence-corrected chi connectivity index (χ2v) is 6.63. The SMILES string of the molecule is COc1cc2c(cc1OC)C(C(S)(C#N)CCN(C)C)=NCC2. The number of methoxy groups -OCH3 is 2. The summed E-state index contributed by atoms with van der Waals surface area (Å²) in [5, 5.41) is 9.72. The highest BCUT2D eigenvalue weighted by Gasteiger charge is 2.36. The van der Waals surface area contributed by atoms with Crippen molar-refractivity contribution in [1.29, 1.82) is 5.26 Å². The van der Waals surface area contributed by atoms with Gasteiger partial charge in [0.25, 0.3) is 0 Å². The molecule has 0 fully saturated rings. The van der Waals surface area contributed by atoms with Gasteiger partial charge in [0.15, 0.2) is 11.5 Å². The van der Waals surface area contributed by atoms with Gasteiger partial charge >= 0.3 is 0 Å². The maximum atomic E-state index is 9.72. The summed E-state index contributed by atoms with van der Waals surface area (Å²) < 4.78 is 9.85. The van der Waals surface area contributed by atoms with E-state index >= 15 is 0 Å². The molecule has 0 saturated carbocycles. The van der Waals surface area contributed by atoms with E-state index < -0.39 is 4.75 Å². The van der Waals surface area contributed by atoms with Crippen molar-refractivity contribution in [3.8, 4) is 17.6 Å². The minimum atomic E-state index is -0.918. The highest BCUT2D eigenvalue weighted by atomic mass is 32.1. The normalized spacial score (nSPS) is 16.1. The van der Waals surface area contributed by atoms with Crippen LogP contribution < -0.4 is 9.47 Å². The quantitative estimate of drug-likeness (QED) is 0.811. The molecule has 1 aliphatic heterocycles. The number of thiol groups is 1. The van der Waals surface area contributed by atoms with Crippen LogP contribution >= 0.6 is 12.6 Å². The Kier molecular flexibility index (Phi) is 5.55. The highest BCUT2D eigenvalue weighted by molar-refractivity contribution is 7.83. The van der Waals surface area contributed by atoms with Crippen LogP contribution in [0.3, 0.4) is 0 Å². The second-order valence-electron chi connectivity index (χ2n) is 5.87. The van der Waals surface area contributed by atoms with Gasteiger partial charge in [-0.25, -0.2) is 0 Å². The molecule has 0 spiro atoms. The number of nitriles is 1. The third-order valence-corrected chi connectivity index (χ3v) is 4.55. The highest BCUT2D eigenvalue weighted by Crippen LogP contribution is 2.36. The van der Waals surface area contributed by atoms with Crippen LogP contribution in [0.5, 0.6) is 11.5 Å². The summed E-state index contributed by atoms with van der Waals surface area (Å²) >= 11 is 4.68. The molecule has 0 N–H and O–H groups in total. The van der Waals surface area contributed by atoms with Gasteiger partial charge in [0.1, 0.15) is 4.75 Å². The van der Waals surface area contributed by atoms with E-state index in [9.17, 15) is 5.26 Å². The Morgan fingerprint density at radius 2 is 1.96 bits per heavy atom. The fourth-order valence-electron chi connectivity index (χ4n) is 2.69. The van der Waals surface area contributed by atoms with E-state index in [1.807, 2.05) is 31.1 Å². The maximum absolute atomic E-state index is 9.72. The van der Waals surface area contributed by atoms with Crippen molar-refractivity contribution in [2.45, 2.75) is 17.6 Å². The van der Waals surface area contributed by atoms with Gasteiger partial charge in [0, 0.05) is 18.7 Å². The van der Waals surface area contributed by atoms with Crippen LogP contribution in [0.2, 0.25) is 0 Å². The van der Waals surface area contributed by atoms with Crippen molar-refractivity contribution in [1.82, 2.24) is 4.90 Å². The van der Waals surface area contributed by atoms with E-state index in [0.29, 0.717) is 24.5 Å². The number of aliphatic imine (C=N–C) groups is 1. The van der Waals surface area contributed by atoms with Crippen molar-refractivity contribution < 1.29 is 9.47 Å². The summed E-state index contributed by atoms with van der Waals surface area (Å²) in [6.07, 6.45) is 1.42. The van der Waals surface area contributed by atoms with Crippen LogP contribution in [0, 0.1) is 11.3 Å². The van der Waals surface area contributed by atoms with Crippen molar-refractivity contribution in [2.75, 3.05) is 41.4 Å².